The van der Waals surface area contributed by atoms with Crippen molar-refractivity contribution in [1.82, 2.24) is 9.55 Å². The van der Waals surface area contributed by atoms with Gasteiger partial charge >= 0.3 is 6.09 Å². The molecule has 0 bridgehead atoms. The minimum Gasteiger partial charge on any atom is -0.495 e. The lowest BCUT2D eigenvalue weighted by Gasteiger charge is -2.00. The summed E-state index contributed by atoms with van der Waals surface area (Å²) in [5, 5.41) is 8.83. The van der Waals surface area contributed by atoms with Crippen LogP contribution < -0.4 is 4.74 Å². The van der Waals surface area contributed by atoms with Crippen molar-refractivity contribution in [2.24, 2.45) is 0 Å². The molecule has 0 fully saturated rings. The molecule has 0 radical (unpaired) electrons. The highest BCUT2D eigenvalue weighted by Crippen LogP contribution is 2.18. The van der Waals surface area contributed by atoms with Gasteiger partial charge in [0.25, 0.3) is 0 Å². The van der Waals surface area contributed by atoms with Crippen molar-refractivity contribution >= 4 is 17.1 Å². The summed E-state index contributed by atoms with van der Waals surface area (Å²) in [6.45, 7) is 0. The SMILES string of the molecule is COc1cnc2ccn(C(=O)O)c2c1. The summed E-state index contributed by atoms with van der Waals surface area (Å²) in [6, 6.07) is 3.28. The van der Waals surface area contributed by atoms with Crippen molar-refractivity contribution in [3.05, 3.63) is 24.5 Å². The van der Waals surface area contributed by atoms with Gasteiger partial charge in [0.2, 0.25) is 0 Å². The second-order valence-electron chi connectivity index (χ2n) is 2.75. The zero-order valence-electron chi connectivity index (χ0n) is 7.47. The normalized spacial score (nSPS) is 10.4. The van der Waals surface area contributed by atoms with E-state index < -0.39 is 6.09 Å². The Morgan fingerprint density at radius 1 is 1.64 bits per heavy atom. The molecule has 0 atom stereocenters. The fourth-order valence-electron chi connectivity index (χ4n) is 1.27. The Balaban J connectivity index is 2.69. The van der Waals surface area contributed by atoms with Crippen molar-refractivity contribution < 1.29 is 14.6 Å². The number of carbonyl (C=O) groups is 1. The summed E-state index contributed by atoms with van der Waals surface area (Å²) in [5.41, 5.74) is 1.16. The molecule has 0 spiro atoms. The van der Waals surface area contributed by atoms with Crippen molar-refractivity contribution in [2.45, 2.75) is 0 Å². The third-order valence-corrected chi connectivity index (χ3v) is 1.96. The molecular weight excluding hydrogens is 184 g/mol. The molecule has 5 nitrogen and oxygen atoms in total. The van der Waals surface area contributed by atoms with E-state index in [2.05, 4.69) is 4.98 Å². The molecule has 0 unspecified atom stereocenters. The monoisotopic (exact) mass is 192 g/mol. The maximum Gasteiger partial charge on any atom is 0.416 e. The van der Waals surface area contributed by atoms with Gasteiger partial charge in [0, 0.05) is 12.3 Å². The maximum atomic E-state index is 10.8. The van der Waals surface area contributed by atoms with E-state index in [4.69, 9.17) is 9.84 Å². The van der Waals surface area contributed by atoms with E-state index in [0.717, 1.165) is 4.57 Å². The summed E-state index contributed by atoms with van der Waals surface area (Å²) in [7, 11) is 1.51. The first kappa shape index (κ1) is 8.55. The lowest BCUT2D eigenvalue weighted by Crippen LogP contribution is -2.05. The van der Waals surface area contributed by atoms with E-state index in [1.807, 2.05) is 0 Å². The molecule has 0 aliphatic rings. The smallest absolute Gasteiger partial charge is 0.416 e. The minimum absolute atomic E-state index is 0.525. The van der Waals surface area contributed by atoms with Gasteiger partial charge in [-0.3, -0.25) is 9.55 Å². The molecule has 0 saturated heterocycles. The molecule has 0 aromatic carbocycles. The Hall–Kier alpha value is -2.04. The Morgan fingerprint density at radius 2 is 2.43 bits per heavy atom. The van der Waals surface area contributed by atoms with Crippen LogP contribution in [-0.4, -0.2) is 27.9 Å². The van der Waals surface area contributed by atoms with Gasteiger partial charge in [0.15, 0.2) is 0 Å². The largest absolute Gasteiger partial charge is 0.495 e. The first-order valence-corrected chi connectivity index (χ1v) is 3.97. The summed E-state index contributed by atoms with van der Waals surface area (Å²) >= 11 is 0. The molecule has 14 heavy (non-hydrogen) atoms. The molecule has 1 N–H and O–H groups in total. The predicted octanol–water partition coefficient (Wildman–Crippen LogP) is 1.57. The summed E-state index contributed by atoms with van der Waals surface area (Å²) in [5.74, 6) is 0.540. The number of nitrogens with zero attached hydrogens (tertiary/aromatic N) is 2. The summed E-state index contributed by atoms with van der Waals surface area (Å²) < 4.78 is 6.06. The Kier molecular flexibility index (Phi) is 1.85. The molecule has 0 aliphatic carbocycles. The van der Waals surface area contributed by atoms with E-state index in [0.29, 0.717) is 16.8 Å². The third kappa shape index (κ3) is 1.19. The number of hydrogen-bond acceptors (Lipinski definition) is 3. The number of pyridine rings is 1. The zero-order valence-corrected chi connectivity index (χ0v) is 7.47. The van der Waals surface area contributed by atoms with Crippen LogP contribution in [0.3, 0.4) is 0 Å². The molecule has 2 rings (SSSR count). The molecule has 5 heteroatoms. The van der Waals surface area contributed by atoms with Crippen LogP contribution in [0.25, 0.3) is 11.0 Å². The maximum absolute atomic E-state index is 10.8. The quantitative estimate of drug-likeness (QED) is 0.744. The summed E-state index contributed by atoms with van der Waals surface area (Å²) in [4.78, 5) is 14.8. The highest BCUT2D eigenvalue weighted by atomic mass is 16.5. The molecule has 0 amide bonds. The first-order chi connectivity index (χ1) is 6.72. The van der Waals surface area contributed by atoms with Crippen LogP contribution in [0, 0.1) is 0 Å². The van der Waals surface area contributed by atoms with Crippen molar-refractivity contribution in [3.8, 4) is 5.75 Å². The van der Waals surface area contributed by atoms with Crippen LogP contribution in [-0.2, 0) is 0 Å². The van der Waals surface area contributed by atoms with Gasteiger partial charge < -0.3 is 9.84 Å². The molecule has 2 aromatic rings. The lowest BCUT2D eigenvalue weighted by molar-refractivity contribution is 0.197. The number of carboxylic acid groups (broad SMARTS) is 1. The fraction of sp³-hybridized carbons (Fsp3) is 0.111. The van der Waals surface area contributed by atoms with Crippen LogP contribution in [0.2, 0.25) is 0 Å². The number of hydrogen-bond donors (Lipinski definition) is 1. The van der Waals surface area contributed by atoms with Gasteiger partial charge in [-0.1, -0.05) is 0 Å². The molecular formula is C9H8N2O3. The minimum atomic E-state index is -1.03. The Labute approximate surface area is 79.6 Å². The lowest BCUT2D eigenvalue weighted by atomic mass is 10.4. The van der Waals surface area contributed by atoms with Crippen LogP contribution in [0.5, 0.6) is 5.75 Å². The number of ether oxygens (including phenoxy) is 1. The Morgan fingerprint density at radius 3 is 3.07 bits per heavy atom. The van der Waals surface area contributed by atoms with Gasteiger partial charge in [0.1, 0.15) is 5.75 Å². The average Bonchev–Trinajstić information content (AvgIpc) is 2.59. The average molecular weight is 192 g/mol. The first-order valence-electron chi connectivity index (χ1n) is 3.97. The molecule has 2 heterocycles. The number of rotatable bonds is 1. The van der Waals surface area contributed by atoms with Gasteiger partial charge in [0.05, 0.1) is 24.3 Å². The van der Waals surface area contributed by atoms with E-state index >= 15 is 0 Å². The number of fused-ring (bicyclic) bond motifs is 1. The molecule has 0 saturated carbocycles. The summed E-state index contributed by atoms with van der Waals surface area (Å²) in [6.07, 6.45) is 1.98. The predicted molar refractivity (Wildman–Crippen MR) is 49.7 cm³/mol. The van der Waals surface area contributed by atoms with E-state index in [-0.39, 0.29) is 0 Å². The highest BCUT2D eigenvalue weighted by Gasteiger charge is 2.08. The van der Waals surface area contributed by atoms with Crippen molar-refractivity contribution in [3.63, 3.8) is 0 Å². The standard InChI is InChI=1S/C9H8N2O3/c1-14-6-4-8-7(10-5-6)2-3-11(8)9(12)13/h2-5H,1H3,(H,12,13). The van der Waals surface area contributed by atoms with Crippen LogP contribution in [0.4, 0.5) is 4.79 Å². The van der Waals surface area contributed by atoms with Crippen molar-refractivity contribution in [1.29, 1.82) is 0 Å². The van der Waals surface area contributed by atoms with Crippen LogP contribution in [0.1, 0.15) is 0 Å². The molecule has 0 aliphatic heterocycles. The van der Waals surface area contributed by atoms with Crippen LogP contribution in [0.15, 0.2) is 24.5 Å². The second kappa shape index (κ2) is 3.02. The topological polar surface area (TPSA) is 64.4 Å². The van der Waals surface area contributed by atoms with Gasteiger partial charge in [-0.25, -0.2) is 4.79 Å². The fourth-order valence-corrected chi connectivity index (χ4v) is 1.27. The number of methoxy groups -OCH3 is 1. The second-order valence-corrected chi connectivity index (χ2v) is 2.75. The van der Waals surface area contributed by atoms with E-state index in [1.54, 1.807) is 18.3 Å². The van der Waals surface area contributed by atoms with Gasteiger partial charge in [-0.05, 0) is 6.07 Å². The van der Waals surface area contributed by atoms with Crippen molar-refractivity contribution in [2.75, 3.05) is 7.11 Å². The zero-order chi connectivity index (χ0) is 10.1. The van der Waals surface area contributed by atoms with Gasteiger partial charge in [-0.15, -0.1) is 0 Å². The number of aromatic nitrogens is 2. The molecule has 2 aromatic heterocycles. The molecule has 72 valence electrons. The Bertz CT molecular complexity index is 490. The van der Waals surface area contributed by atoms with E-state index in [9.17, 15) is 4.79 Å². The highest BCUT2D eigenvalue weighted by molar-refractivity contribution is 5.86. The van der Waals surface area contributed by atoms with Crippen LogP contribution >= 0.6 is 0 Å². The third-order valence-electron chi connectivity index (χ3n) is 1.96. The van der Waals surface area contributed by atoms with E-state index in [1.165, 1.54) is 13.3 Å². The van der Waals surface area contributed by atoms with Gasteiger partial charge in [-0.2, -0.15) is 0 Å².